The first kappa shape index (κ1) is 20.1. The second-order valence-corrected chi connectivity index (χ2v) is 7.73. The van der Waals surface area contributed by atoms with Crippen LogP contribution in [0.1, 0.15) is 101 Å². The smallest absolute Gasteiger partial charge is 0.173 e. The van der Waals surface area contributed by atoms with Gasteiger partial charge in [-0.1, -0.05) is 82.6 Å². The highest BCUT2D eigenvalue weighted by Gasteiger charge is 2.21. The zero-order valence-electron chi connectivity index (χ0n) is 15.8. The Balaban J connectivity index is 1.63. The lowest BCUT2D eigenvalue weighted by atomic mass is 9.77. The molecule has 25 heavy (non-hydrogen) atoms. The first-order valence-electron chi connectivity index (χ1n) is 10.3. The SMILES string of the molecule is CCCCCCCCC[C@H]1CC[C@H](c2ccc(C=C(F)F)cc2)CC1. The van der Waals surface area contributed by atoms with Gasteiger partial charge in [-0.3, -0.25) is 0 Å². The average molecular weight is 349 g/mol. The van der Waals surface area contributed by atoms with E-state index >= 15 is 0 Å². The molecule has 0 atom stereocenters. The van der Waals surface area contributed by atoms with Crippen molar-refractivity contribution in [1.29, 1.82) is 0 Å². The summed E-state index contributed by atoms with van der Waals surface area (Å²) in [4.78, 5) is 0. The molecular formula is C23H34F2. The molecule has 0 amide bonds. The van der Waals surface area contributed by atoms with Gasteiger partial charge in [-0.05, 0) is 48.6 Å². The molecule has 1 aliphatic rings. The number of unbranched alkanes of at least 4 members (excludes halogenated alkanes) is 6. The molecule has 0 N–H and O–H groups in total. The molecule has 1 fully saturated rings. The van der Waals surface area contributed by atoms with E-state index < -0.39 is 6.08 Å². The van der Waals surface area contributed by atoms with Crippen molar-refractivity contribution in [2.75, 3.05) is 0 Å². The number of hydrogen-bond donors (Lipinski definition) is 0. The van der Waals surface area contributed by atoms with E-state index in [1.54, 1.807) is 0 Å². The quantitative estimate of drug-likeness (QED) is 0.373. The first-order valence-corrected chi connectivity index (χ1v) is 10.3. The van der Waals surface area contributed by atoms with E-state index in [1.165, 1.54) is 82.6 Å². The topological polar surface area (TPSA) is 0 Å². The summed E-state index contributed by atoms with van der Waals surface area (Å²) < 4.78 is 24.6. The van der Waals surface area contributed by atoms with E-state index in [1.807, 2.05) is 24.3 Å². The lowest BCUT2D eigenvalue weighted by molar-refractivity contribution is 0.302. The van der Waals surface area contributed by atoms with Crippen molar-refractivity contribution in [3.8, 4) is 0 Å². The third-order valence-electron chi connectivity index (χ3n) is 5.75. The van der Waals surface area contributed by atoms with Crippen molar-refractivity contribution in [2.24, 2.45) is 5.92 Å². The molecule has 1 saturated carbocycles. The van der Waals surface area contributed by atoms with Gasteiger partial charge in [0.2, 0.25) is 0 Å². The van der Waals surface area contributed by atoms with Gasteiger partial charge < -0.3 is 0 Å². The van der Waals surface area contributed by atoms with Crippen LogP contribution in [0.4, 0.5) is 8.78 Å². The number of rotatable bonds is 10. The van der Waals surface area contributed by atoms with Crippen LogP contribution in [0.5, 0.6) is 0 Å². The minimum atomic E-state index is -1.63. The van der Waals surface area contributed by atoms with Gasteiger partial charge in [0.15, 0.2) is 0 Å². The van der Waals surface area contributed by atoms with E-state index in [4.69, 9.17) is 0 Å². The maximum atomic E-state index is 12.3. The monoisotopic (exact) mass is 348 g/mol. The summed E-state index contributed by atoms with van der Waals surface area (Å²) in [5, 5.41) is 0. The van der Waals surface area contributed by atoms with Crippen LogP contribution in [-0.4, -0.2) is 0 Å². The molecule has 0 aromatic heterocycles. The van der Waals surface area contributed by atoms with Gasteiger partial charge in [-0.2, -0.15) is 8.78 Å². The highest BCUT2D eigenvalue weighted by atomic mass is 19.3. The van der Waals surface area contributed by atoms with E-state index in [2.05, 4.69) is 6.92 Å². The van der Waals surface area contributed by atoms with Gasteiger partial charge in [-0.15, -0.1) is 0 Å². The third kappa shape index (κ3) is 7.71. The molecule has 0 spiro atoms. The predicted molar refractivity (Wildman–Crippen MR) is 104 cm³/mol. The van der Waals surface area contributed by atoms with Crippen LogP contribution in [0.3, 0.4) is 0 Å². The minimum Gasteiger partial charge on any atom is -0.173 e. The Morgan fingerprint density at radius 1 is 0.880 bits per heavy atom. The summed E-state index contributed by atoms with van der Waals surface area (Å²) in [6.07, 6.45) is 15.7. The fourth-order valence-electron chi connectivity index (χ4n) is 4.16. The van der Waals surface area contributed by atoms with Crippen molar-refractivity contribution in [1.82, 2.24) is 0 Å². The molecule has 0 nitrogen and oxygen atoms in total. The Morgan fingerprint density at radius 2 is 1.48 bits per heavy atom. The summed E-state index contributed by atoms with van der Waals surface area (Å²) in [6.45, 7) is 2.27. The van der Waals surface area contributed by atoms with Gasteiger partial charge in [0, 0.05) is 6.08 Å². The standard InChI is InChI=1S/C23H34F2/c1-2-3-4-5-6-7-8-9-19-10-14-21(15-11-19)22-16-12-20(13-17-22)18-23(24)25/h12-13,16-19,21H,2-11,14-15H2,1H3/t19-,21-. The molecule has 1 aromatic carbocycles. The minimum absolute atomic E-state index is 0.594. The van der Waals surface area contributed by atoms with Crippen molar-refractivity contribution < 1.29 is 8.78 Å². The highest BCUT2D eigenvalue weighted by molar-refractivity contribution is 5.50. The van der Waals surface area contributed by atoms with Crippen molar-refractivity contribution in [3.63, 3.8) is 0 Å². The summed E-state index contributed by atoms with van der Waals surface area (Å²) >= 11 is 0. The molecule has 2 heteroatoms. The van der Waals surface area contributed by atoms with Crippen LogP contribution in [0, 0.1) is 5.92 Å². The van der Waals surface area contributed by atoms with Crippen molar-refractivity contribution in [3.05, 3.63) is 41.5 Å². The molecular weight excluding hydrogens is 314 g/mol. The Kier molecular flexibility index (Phi) is 9.21. The first-order chi connectivity index (χ1) is 12.2. The summed E-state index contributed by atoms with van der Waals surface area (Å²) in [6, 6.07) is 7.71. The molecule has 0 unspecified atom stereocenters. The van der Waals surface area contributed by atoms with Crippen molar-refractivity contribution in [2.45, 2.75) is 89.9 Å². The summed E-state index contributed by atoms with van der Waals surface area (Å²) in [5.74, 6) is 1.54. The van der Waals surface area contributed by atoms with Crippen LogP contribution < -0.4 is 0 Å². The summed E-state index contributed by atoms with van der Waals surface area (Å²) in [7, 11) is 0. The lowest BCUT2D eigenvalue weighted by Crippen LogP contribution is -2.13. The van der Waals surface area contributed by atoms with Gasteiger partial charge in [0.05, 0.1) is 0 Å². The van der Waals surface area contributed by atoms with Crippen molar-refractivity contribution >= 4 is 6.08 Å². The third-order valence-corrected chi connectivity index (χ3v) is 5.75. The maximum Gasteiger partial charge on any atom is 0.270 e. The normalized spacial score (nSPS) is 20.4. The van der Waals surface area contributed by atoms with E-state index in [-0.39, 0.29) is 0 Å². The van der Waals surface area contributed by atoms with Crippen LogP contribution >= 0.6 is 0 Å². The Hall–Kier alpha value is -1.18. The van der Waals surface area contributed by atoms with Gasteiger partial charge in [-0.25, -0.2) is 0 Å². The van der Waals surface area contributed by atoms with E-state index in [0.717, 1.165) is 12.0 Å². The molecule has 0 radical (unpaired) electrons. The highest BCUT2D eigenvalue weighted by Crippen LogP contribution is 2.37. The van der Waals surface area contributed by atoms with Gasteiger partial charge >= 0.3 is 0 Å². The lowest BCUT2D eigenvalue weighted by Gasteiger charge is -2.29. The zero-order valence-corrected chi connectivity index (χ0v) is 15.8. The van der Waals surface area contributed by atoms with Gasteiger partial charge in [0.1, 0.15) is 0 Å². The molecule has 0 saturated heterocycles. The molecule has 0 aliphatic heterocycles. The number of benzene rings is 1. The maximum absolute atomic E-state index is 12.3. The fourth-order valence-corrected chi connectivity index (χ4v) is 4.16. The van der Waals surface area contributed by atoms with Crippen LogP contribution in [0.2, 0.25) is 0 Å². The predicted octanol–water partition coefficient (Wildman–Crippen LogP) is 8.34. The molecule has 140 valence electrons. The molecule has 0 heterocycles. The molecule has 1 aliphatic carbocycles. The molecule has 1 aromatic rings. The van der Waals surface area contributed by atoms with E-state index in [0.29, 0.717) is 11.5 Å². The van der Waals surface area contributed by atoms with Crippen LogP contribution in [0.15, 0.2) is 30.3 Å². The Labute approximate surface area is 152 Å². The van der Waals surface area contributed by atoms with E-state index in [9.17, 15) is 8.78 Å². The summed E-state index contributed by atoms with van der Waals surface area (Å²) in [5.41, 5.74) is 1.92. The number of hydrogen-bond acceptors (Lipinski definition) is 0. The average Bonchev–Trinajstić information content (AvgIpc) is 2.62. The van der Waals surface area contributed by atoms with Crippen LogP contribution in [0.25, 0.3) is 6.08 Å². The second-order valence-electron chi connectivity index (χ2n) is 7.73. The Morgan fingerprint density at radius 3 is 2.08 bits per heavy atom. The van der Waals surface area contributed by atoms with Crippen LogP contribution in [-0.2, 0) is 0 Å². The number of halogens is 2. The Bertz CT molecular complexity index is 491. The molecule has 2 rings (SSSR count). The second kappa shape index (κ2) is 11.4. The largest absolute Gasteiger partial charge is 0.270 e. The van der Waals surface area contributed by atoms with Gasteiger partial charge in [0.25, 0.3) is 6.08 Å². The fraction of sp³-hybridized carbons (Fsp3) is 0.652. The molecule has 0 bridgehead atoms. The zero-order chi connectivity index (χ0) is 17.9.